The molecule has 1 saturated carbocycles. The first kappa shape index (κ1) is 14.7. The number of phenolic OH excluding ortho intramolecular Hbond substituents is 1. The number of hydrogen-bond donors (Lipinski definition) is 3. The third-order valence-corrected chi connectivity index (χ3v) is 4.01. The predicted molar refractivity (Wildman–Crippen MR) is 76.4 cm³/mol. The van der Waals surface area contributed by atoms with Crippen LogP contribution in [-0.4, -0.2) is 24.2 Å². The number of benzene rings is 1. The molecule has 0 atom stereocenters. The Kier molecular flexibility index (Phi) is 4.84. The van der Waals surface area contributed by atoms with Gasteiger partial charge in [0.15, 0.2) is 11.5 Å². The molecule has 0 spiro atoms. The second-order valence-corrected chi connectivity index (χ2v) is 5.30. The molecule has 0 bridgehead atoms. The highest BCUT2D eigenvalue weighted by Crippen LogP contribution is 2.30. The predicted octanol–water partition coefficient (Wildman–Crippen LogP) is 1.53. The van der Waals surface area contributed by atoms with Gasteiger partial charge in [-0.2, -0.15) is 0 Å². The third kappa shape index (κ3) is 3.42. The van der Waals surface area contributed by atoms with Gasteiger partial charge >= 0.3 is 0 Å². The van der Waals surface area contributed by atoms with Gasteiger partial charge in [0.25, 0.3) is 0 Å². The Hall–Kier alpha value is -1.75. The molecule has 0 aromatic heterocycles. The topological polar surface area (TPSA) is 84.6 Å². The van der Waals surface area contributed by atoms with E-state index in [1.165, 1.54) is 7.11 Å². The van der Waals surface area contributed by atoms with Crippen LogP contribution in [0.5, 0.6) is 11.5 Å². The third-order valence-electron chi connectivity index (χ3n) is 4.01. The van der Waals surface area contributed by atoms with E-state index < -0.39 is 0 Å². The van der Waals surface area contributed by atoms with Crippen LogP contribution in [0.3, 0.4) is 0 Å². The molecule has 1 aromatic rings. The van der Waals surface area contributed by atoms with Gasteiger partial charge in [0.05, 0.1) is 7.11 Å². The summed E-state index contributed by atoms with van der Waals surface area (Å²) < 4.78 is 5.09. The molecular formula is C15H22N2O3. The van der Waals surface area contributed by atoms with Crippen molar-refractivity contribution >= 4 is 5.91 Å². The maximum atomic E-state index is 11.1. The van der Waals surface area contributed by atoms with Crippen molar-refractivity contribution in [2.24, 2.45) is 11.7 Å². The van der Waals surface area contributed by atoms with Crippen molar-refractivity contribution in [2.45, 2.75) is 38.3 Å². The van der Waals surface area contributed by atoms with Gasteiger partial charge in [-0.1, -0.05) is 12.1 Å². The summed E-state index contributed by atoms with van der Waals surface area (Å²) in [4.78, 5) is 11.1. The van der Waals surface area contributed by atoms with Crippen LogP contribution in [0.1, 0.15) is 31.2 Å². The fraction of sp³-hybridized carbons (Fsp3) is 0.533. The van der Waals surface area contributed by atoms with Crippen LogP contribution in [0.4, 0.5) is 0 Å². The number of rotatable bonds is 5. The largest absolute Gasteiger partial charge is 0.504 e. The first-order valence-electron chi connectivity index (χ1n) is 6.99. The molecule has 4 N–H and O–H groups in total. The molecule has 0 saturated heterocycles. The standard InChI is InChI=1S/C15H22N2O3/c1-20-13-4-2-3-11(14(13)18)9-17-12-7-5-10(6-8-12)15(16)19/h2-4,10,12,17-18H,5-9H2,1H3,(H2,16,19). The van der Waals surface area contributed by atoms with Gasteiger partial charge in [0, 0.05) is 24.1 Å². The number of hydrogen-bond acceptors (Lipinski definition) is 4. The Morgan fingerprint density at radius 3 is 2.70 bits per heavy atom. The molecule has 0 aliphatic heterocycles. The second-order valence-electron chi connectivity index (χ2n) is 5.30. The van der Waals surface area contributed by atoms with Gasteiger partial charge in [-0.15, -0.1) is 0 Å². The fourth-order valence-corrected chi connectivity index (χ4v) is 2.71. The molecule has 2 rings (SSSR count). The van der Waals surface area contributed by atoms with Gasteiger partial charge in [0.1, 0.15) is 0 Å². The highest BCUT2D eigenvalue weighted by Gasteiger charge is 2.24. The summed E-state index contributed by atoms with van der Waals surface area (Å²) in [6.07, 6.45) is 3.57. The van der Waals surface area contributed by atoms with Gasteiger partial charge < -0.3 is 20.9 Å². The number of primary amides is 1. The molecule has 110 valence electrons. The Morgan fingerprint density at radius 2 is 2.10 bits per heavy atom. The fourth-order valence-electron chi connectivity index (χ4n) is 2.71. The molecule has 1 aliphatic carbocycles. The van der Waals surface area contributed by atoms with Crippen LogP contribution < -0.4 is 15.8 Å². The van der Waals surface area contributed by atoms with E-state index in [0.717, 1.165) is 31.2 Å². The van der Waals surface area contributed by atoms with E-state index in [-0.39, 0.29) is 17.6 Å². The number of nitrogens with two attached hydrogens (primary N) is 1. The molecule has 1 amide bonds. The lowest BCUT2D eigenvalue weighted by molar-refractivity contribution is -0.122. The van der Waals surface area contributed by atoms with E-state index in [1.807, 2.05) is 12.1 Å². The van der Waals surface area contributed by atoms with Crippen molar-refractivity contribution in [1.82, 2.24) is 5.32 Å². The zero-order chi connectivity index (χ0) is 14.5. The molecule has 1 aliphatic rings. The molecule has 1 aromatic carbocycles. The molecule has 20 heavy (non-hydrogen) atoms. The van der Waals surface area contributed by atoms with Crippen LogP contribution in [0.25, 0.3) is 0 Å². The number of carbonyl (C=O) groups excluding carboxylic acids is 1. The van der Waals surface area contributed by atoms with Crippen molar-refractivity contribution < 1.29 is 14.6 Å². The Bertz CT molecular complexity index is 468. The van der Waals surface area contributed by atoms with Crippen molar-refractivity contribution in [3.05, 3.63) is 23.8 Å². The summed E-state index contributed by atoms with van der Waals surface area (Å²) in [7, 11) is 1.54. The average molecular weight is 278 g/mol. The summed E-state index contributed by atoms with van der Waals surface area (Å²) in [5.74, 6) is 0.516. The van der Waals surface area contributed by atoms with Crippen molar-refractivity contribution in [3.63, 3.8) is 0 Å². The molecule has 5 nitrogen and oxygen atoms in total. The number of aromatic hydroxyl groups is 1. The van der Waals surface area contributed by atoms with E-state index in [4.69, 9.17) is 10.5 Å². The summed E-state index contributed by atoms with van der Waals surface area (Å²) in [6.45, 7) is 0.592. The monoisotopic (exact) mass is 278 g/mol. The van der Waals surface area contributed by atoms with Crippen molar-refractivity contribution in [1.29, 1.82) is 0 Å². The molecule has 1 fully saturated rings. The maximum Gasteiger partial charge on any atom is 0.220 e. The Labute approximate surface area is 119 Å². The SMILES string of the molecule is COc1cccc(CNC2CCC(C(N)=O)CC2)c1O. The van der Waals surface area contributed by atoms with Crippen molar-refractivity contribution in [2.75, 3.05) is 7.11 Å². The minimum atomic E-state index is -0.186. The van der Waals surface area contributed by atoms with Crippen LogP contribution in [-0.2, 0) is 11.3 Å². The smallest absolute Gasteiger partial charge is 0.220 e. The number of amides is 1. The maximum absolute atomic E-state index is 11.1. The zero-order valence-corrected chi connectivity index (χ0v) is 11.8. The van der Waals surface area contributed by atoms with Crippen LogP contribution in [0.2, 0.25) is 0 Å². The average Bonchev–Trinajstić information content (AvgIpc) is 2.46. The normalized spacial score (nSPS) is 22.4. The summed E-state index contributed by atoms with van der Waals surface area (Å²) in [5.41, 5.74) is 6.14. The molecular weight excluding hydrogens is 256 g/mol. The zero-order valence-electron chi connectivity index (χ0n) is 11.8. The highest BCUT2D eigenvalue weighted by atomic mass is 16.5. The first-order chi connectivity index (χ1) is 9.61. The second kappa shape index (κ2) is 6.61. The number of phenols is 1. The summed E-state index contributed by atoms with van der Waals surface area (Å²) in [5, 5.41) is 13.4. The molecule has 0 unspecified atom stereocenters. The lowest BCUT2D eigenvalue weighted by Crippen LogP contribution is -2.36. The van der Waals surface area contributed by atoms with Crippen molar-refractivity contribution in [3.8, 4) is 11.5 Å². The van der Waals surface area contributed by atoms with E-state index in [9.17, 15) is 9.90 Å². The lowest BCUT2D eigenvalue weighted by atomic mass is 9.85. The van der Waals surface area contributed by atoms with E-state index in [0.29, 0.717) is 18.3 Å². The number of carbonyl (C=O) groups is 1. The van der Waals surface area contributed by atoms with Gasteiger partial charge in [-0.05, 0) is 31.7 Å². The minimum absolute atomic E-state index is 0.0262. The number of nitrogens with one attached hydrogen (secondary N) is 1. The number of methoxy groups -OCH3 is 1. The first-order valence-corrected chi connectivity index (χ1v) is 6.99. The van der Waals surface area contributed by atoms with Crippen LogP contribution in [0, 0.1) is 5.92 Å². The van der Waals surface area contributed by atoms with Crippen LogP contribution in [0.15, 0.2) is 18.2 Å². The number of ether oxygens (including phenoxy) is 1. The summed E-state index contributed by atoms with van der Waals surface area (Å²) in [6, 6.07) is 5.84. The van der Waals surface area contributed by atoms with E-state index in [2.05, 4.69) is 5.32 Å². The van der Waals surface area contributed by atoms with E-state index >= 15 is 0 Å². The molecule has 0 heterocycles. The van der Waals surface area contributed by atoms with E-state index in [1.54, 1.807) is 6.07 Å². The minimum Gasteiger partial charge on any atom is -0.504 e. The van der Waals surface area contributed by atoms with Crippen LogP contribution >= 0.6 is 0 Å². The number of para-hydroxylation sites is 1. The van der Waals surface area contributed by atoms with Gasteiger partial charge in [-0.3, -0.25) is 4.79 Å². The summed E-state index contributed by atoms with van der Waals surface area (Å²) >= 11 is 0. The molecule has 0 radical (unpaired) electrons. The quantitative estimate of drug-likeness (QED) is 0.762. The Morgan fingerprint density at radius 1 is 1.40 bits per heavy atom. The highest BCUT2D eigenvalue weighted by molar-refractivity contribution is 5.76. The van der Waals surface area contributed by atoms with Gasteiger partial charge in [-0.25, -0.2) is 0 Å². The van der Waals surface area contributed by atoms with Gasteiger partial charge in [0.2, 0.25) is 5.91 Å². The Balaban J connectivity index is 1.86. The lowest BCUT2D eigenvalue weighted by Gasteiger charge is -2.27. The molecule has 5 heteroatoms.